The Morgan fingerprint density at radius 2 is 2.07 bits per heavy atom. The van der Waals surface area contributed by atoms with Crippen LogP contribution < -0.4 is 16.4 Å². The maximum atomic E-state index is 11.3. The number of urea groups is 1. The van der Waals surface area contributed by atoms with Crippen molar-refractivity contribution >= 4 is 17.4 Å². The minimum Gasteiger partial charge on any atom is -0.399 e. The summed E-state index contributed by atoms with van der Waals surface area (Å²) in [6.45, 7) is 1.62. The summed E-state index contributed by atoms with van der Waals surface area (Å²) in [6, 6.07) is 6.20. The summed E-state index contributed by atoms with van der Waals surface area (Å²) >= 11 is 0. The van der Waals surface area contributed by atoms with Gasteiger partial charge in [-0.2, -0.15) is 0 Å². The average molecular weight is 209 g/mol. The van der Waals surface area contributed by atoms with Gasteiger partial charge in [0.1, 0.15) is 0 Å². The molecule has 2 amide bonds. The fraction of sp³-hybridized carbons (Fsp3) is 0.300. The van der Waals surface area contributed by atoms with Crippen LogP contribution in [0.25, 0.3) is 0 Å². The molecule has 5 heteroatoms. The molecule has 1 unspecified atom stereocenters. The van der Waals surface area contributed by atoms with E-state index in [9.17, 15) is 4.79 Å². The van der Waals surface area contributed by atoms with Gasteiger partial charge < -0.3 is 21.5 Å². The zero-order chi connectivity index (χ0) is 11.3. The van der Waals surface area contributed by atoms with Gasteiger partial charge in [-0.25, -0.2) is 4.79 Å². The van der Waals surface area contributed by atoms with Gasteiger partial charge >= 0.3 is 6.03 Å². The highest BCUT2D eigenvalue weighted by Gasteiger charge is 2.05. The molecule has 0 aliphatic heterocycles. The van der Waals surface area contributed by atoms with Crippen LogP contribution in [-0.4, -0.2) is 23.8 Å². The molecule has 5 N–H and O–H groups in total. The number of amides is 2. The van der Waals surface area contributed by atoms with Crippen LogP contribution in [0.5, 0.6) is 0 Å². The van der Waals surface area contributed by atoms with Crippen molar-refractivity contribution in [3.8, 4) is 0 Å². The first-order valence-electron chi connectivity index (χ1n) is 4.65. The van der Waals surface area contributed by atoms with Crippen molar-refractivity contribution in [3.63, 3.8) is 0 Å². The van der Waals surface area contributed by atoms with Gasteiger partial charge in [-0.3, -0.25) is 0 Å². The van der Waals surface area contributed by atoms with Crippen molar-refractivity contribution in [2.24, 2.45) is 0 Å². The van der Waals surface area contributed by atoms with E-state index in [1.807, 2.05) is 0 Å². The number of hydrogen-bond acceptors (Lipinski definition) is 3. The van der Waals surface area contributed by atoms with E-state index in [1.54, 1.807) is 31.2 Å². The molecule has 0 spiro atoms. The van der Waals surface area contributed by atoms with E-state index in [1.165, 1.54) is 0 Å². The Morgan fingerprint density at radius 3 is 2.60 bits per heavy atom. The Labute approximate surface area is 88.3 Å². The summed E-state index contributed by atoms with van der Waals surface area (Å²) in [5.74, 6) is 0. The molecule has 15 heavy (non-hydrogen) atoms. The fourth-order valence-corrected chi connectivity index (χ4v) is 1.00. The van der Waals surface area contributed by atoms with Gasteiger partial charge in [0.15, 0.2) is 0 Å². The molecular weight excluding hydrogens is 194 g/mol. The zero-order valence-corrected chi connectivity index (χ0v) is 8.53. The number of rotatable bonds is 3. The number of nitrogens with two attached hydrogens (primary N) is 1. The first-order chi connectivity index (χ1) is 7.11. The average Bonchev–Trinajstić information content (AvgIpc) is 2.21. The van der Waals surface area contributed by atoms with E-state index >= 15 is 0 Å². The van der Waals surface area contributed by atoms with Gasteiger partial charge in [0, 0.05) is 11.4 Å². The van der Waals surface area contributed by atoms with Crippen molar-refractivity contribution in [2.45, 2.75) is 13.0 Å². The highest BCUT2D eigenvalue weighted by molar-refractivity contribution is 5.89. The molecule has 0 bridgehead atoms. The first kappa shape index (κ1) is 11.3. The number of benzene rings is 1. The summed E-state index contributed by atoms with van der Waals surface area (Å²) in [6.07, 6.45) is 0. The second kappa shape index (κ2) is 5.21. The highest BCUT2D eigenvalue weighted by Crippen LogP contribution is 2.09. The molecule has 0 radical (unpaired) electrons. The predicted molar refractivity (Wildman–Crippen MR) is 59.6 cm³/mol. The van der Waals surface area contributed by atoms with Crippen LogP contribution in [0.3, 0.4) is 0 Å². The zero-order valence-electron chi connectivity index (χ0n) is 8.53. The molecule has 1 aromatic rings. The maximum Gasteiger partial charge on any atom is 0.319 e. The Kier molecular flexibility index (Phi) is 3.93. The minimum absolute atomic E-state index is 0.0881. The Balaban J connectivity index is 2.48. The molecular formula is C10H15N3O2. The monoisotopic (exact) mass is 209 g/mol. The molecule has 0 aliphatic rings. The minimum atomic E-state index is -0.346. The number of carbonyl (C=O) groups excluding carboxylic acids is 1. The number of carbonyl (C=O) groups is 1. The topological polar surface area (TPSA) is 87.4 Å². The fourth-order valence-electron chi connectivity index (χ4n) is 1.00. The SMILES string of the molecule is CC(CO)NC(=O)Nc1ccc(N)cc1. The number of aliphatic hydroxyl groups is 1. The van der Waals surface area contributed by atoms with E-state index in [0.717, 1.165) is 0 Å². The third-order valence-corrected chi connectivity index (χ3v) is 1.82. The number of anilines is 2. The largest absolute Gasteiger partial charge is 0.399 e. The van der Waals surface area contributed by atoms with Crippen molar-refractivity contribution in [1.82, 2.24) is 5.32 Å². The van der Waals surface area contributed by atoms with Crippen LogP contribution in [0, 0.1) is 0 Å². The van der Waals surface area contributed by atoms with Crippen LogP contribution in [0.15, 0.2) is 24.3 Å². The molecule has 0 saturated carbocycles. The molecule has 0 aliphatic carbocycles. The number of nitrogens with one attached hydrogen (secondary N) is 2. The first-order valence-corrected chi connectivity index (χ1v) is 4.65. The van der Waals surface area contributed by atoms with Crippen molar-refractivity contribution in [3.05, 3.63) is 24.3 Å². The molecule has 0 fully saturated rings. The summed E-state index contributed by atoms with van der Waals surface area (Å²) in [5.41, 5.74) is 6.80. The molecule has 1 atom stereocenters. The van der Waals surface area contributed by atoms with Crippen molar-refractivity contribution in [2.75, 3.05) is 17.7 Å². The lowest BCUT2D eigenvalue weighted by Crippen LogP contribution is -2.38. The normalized spacial score (nSPS) is 11.9. The van der Waals surface area contributed by atoms with Crippen LogP contribution >= 0.6 is 0 Å². The van der Waals surface area contributed by atoms with Crippen molar-refractivity contribution < 1.29 is 9.90 Å². The van der Waals surface area contributed by atoms with Gasteiger partial charge in [0.2, 0.25) is 0 Å². The molecule has 82 valence electrons. The third-order valence-electron chi connectivity index (χ3n) is 1.82. The molecule has 1 rings (SSSR count). The number of aliphatic hydroxyl groups excluding tert-OH is 1. The van der Waals surface area contributed by atoms with Gasteiger partial charge in [-0.05, 0) is 31.2 Å². The standard InChI is InChI=1S/C10H15N3O2/c1-7(6-14)12-10(15)13-9-4-2-8(11)3-5-9/h2-5,7,14H,6,11H2,1H3,(H2,12,13,15). The van der Waals surface area contributed by atoms with Crippen LogP contribution in [-0.2, 0) is 0 Å². The molecule has 5 nitrogen and oxygen atoms in total. The number of nitrogen functional groups attached to an aromatic ring is 1. The Hall–Kier alpha value is -1.75. The van der Waals surface area contributed by atoms with Crippen LogP contribution in [0.4, 0.5) is 16.2 Å². The van der Waals surface area contributed by atoms with Crippen molar-refractivity contribution in [1.29, 1.82) is 0 Å². The molecule has 0 aromatic heterocycles. The summed E-state index contributed by atoms with van der Waals surface area (Å²) in [5, 5.41) is 13.9. The van der Waals surface area contributed by atoms with Gasteiger partial charge in [0.05, 0.1) is 12.6 Å². The molecule has 0 saturated heterocycles. The highest BCUT2D eigenvalue weighted by atomic mass is 16.3. The predicted octanol–water partition coefficient (Wildman–Crippen LogP) is 0.771. The molecule has 0 heterocycles. The summed E-state index contributed by atoms with van der Waals surface area (Å²) in [7, 11) is 0. The van der Waals surface area contributed by atoms with Crippen LogP contribution in [0.2, 0.25) is 0 Å². The lowest BCUT2D eigenvalue weighted by molar-refractivity contribution is 0.229. The molecule has 1 aromatic carbocycles. The van der Waals surface area contributed by atoms with Gasteiger partial charge in [-0.15, -0.1) is 0 Å². The van der Waals surface area contributed by atoms with E-state index in [2.05, 4.69) is 10.6 Å². The van der Waals surface area contributed by atoms with Gasteiger partial charge in [0.25, 0.3) is 0 Å². The lowest BCUT2D eigenvalue weighted by atomic mass is 10.3. The van der Waals surface area contributed by atoms with Gasteiger partial charge in [-0.1, -0.05) is 0 Å². The lowest BCUT2D eigenvalue weighted by Gasteiger charge is -2.11. The number of hydrogen-bond donors (Lipinski definition) is 4. The van der Waals surface area contributed by atoms with E-state index in [0.29, 0.717) is 11.4 Å². The second-order valence-electron chi connectivity index (χ2n) is 3.30. The quantitative estimate of drug-likeness (QED) is 0.554. The maximum absolute atomic E-state index is 11.3. The van der Waals surface area contributed by atoms with E-state index < -0.39 is 0 Å². The third kappa shape index (κ3) is 3.86. The van der Waals surface area contributed by atoms with E-state index in [-0.39, 0.29) is 18.7 Å². The Bertz CT molecular complexity index is 324. The summed E-state index contributed by atoms with van der Waals surface area (Å²) in [4.78, 5) is 11.3. The Morgan fingerprint density at radius 1 is 1.47 bits per heavy atom. The summed E-state index contributed by atoms with van der Waals surface area (Å²) < 4.78 is 0. The smallest absolute Gasteiger partial charge is 0.319 e. The van der Waals surface area contributed by atoms with E-state index in [4.69, 9.17) is 10.8 Å². The second-order valence-corrected chi connectivity index (χ2v) is 3.30. The van der Waals surface area contributed by atoms with Crippen LogP contribution in [0.1, 0.15) is 6.92 Å².